The Labute approximate surface area is 121 Å². The van der Waals surface area contributed by atoms with E-state index in [0.29, 0.717) is 23.5 Å². The zero-order valence-electron chi connectivity index (χ0n) is 13.0. The van der Waals surface area contributed by atoms with Crippen molar-refractivity contribution < 1.29 is 9.53 Å². The van der Waals surface area contributed by atoms with E-state index in [-0.39, 0.29) is 5.97 Å². The molecule has 0 unspecified atom stereocenters. The van der Waals surface area contributed by atoms with Gasteiger partial charge in [0.2, 0.25) is 0 Å². The second kappa shape index (κ2) is 7.85. The molecular formula is C15H25N3O2. The Hall–Kier alpha value is -1.62. The predicted octanol–water partition coefficient (Wildman–Crippen LogP) is 2.40. The van der Waals surface area contributed by atoms with Gasteiger partial charge in [0.25, 0.3) is 0 Å². The van der Waals surface area contributed by atoms with Crippen LogP contribution in [0.5, 0.6) is 0 Å². The monoisotopic (exact) mass is 279 g/mol. The molecule has 20 heavy (non-hydrogen) atoms. The van der Waals surface area contributed by atoms with Crippen molar-refractivity contribution >= 4 is 11.8 Å². The van der Waals surface area contributed by atoms with E-state index in [1.54, 1.807) is 18.3 Å². The van der Waals surface area contributed by atoms with Crippen molar-refractivity contribution in [2.24, 2.45) is 0 Å². The minimum atomic E-state index is -0.370. The first-order chi connectivity index (χ1) is 9.47. The third-order valence-corrected chi connectivity index (χ3v) is 3.20. The molecule has 1 heterocycles. The smallest absolute Gasteiger partial charge is 0.341 e. The minimum absolute atomic E-state index is 0.370. The van der Waals surface area contributed by atoms with Crippen molar-refractivity contribution in [1.82, 2.24) is 9.88 Å². The highest BCUT2D eigenvalue weighted by Crippen LogP contribution is 2.12. The standard InChI is InChI=1S/C15H25N3O2/c1-11(2)18(12(3)4)10-9-17-14-13(15(19)20-5)7-6-8-16-14/h6-8,11-12H,9-10H2,1-5H3,(H,16,17). The molecule has 0 fully saturated rings. The average Bonchev–Trinajstić information content (AvgIpc) is 2.42. The first-order valence-electron chi connectivity index (χ1n) is 7.00. The number of esters is 1. The summed E-state index contributed by atoms with van der Waals surface area (Å²) >= 11 is 0. The molecular weight excluding hydrogens is 254 g/mol. The van der Waals surface area contributed by atoms with Crippen LogP contribution in [0.1, 0.15) is 38.1 Å². The van der Waals surface area contributed by atoms with Crippen molar-refractivity contribution in [3.8, 4) is 0 Å². The van der Waals surface area contributed by atoms with Crippen LogP contribution in [-0.4, -0.2) is 48.1 Å². The molecule has 0 aliphatic heterocycles. The van der Waals surface area contributed by atoms with E-state index in [1.807, 2.05) is 0 Å². The first kappa shape index (κ1) is 16.4. The van der Waals surface area contributed by atoms with Crippen LogP contribution in [0, 0.1) is 0 Å². The molecule has 1 rings (SSSR count). The van der Waals surface area contributed by atoms with Crippen LogP contribution in [0.25, 0.3) is 0 Å². The highest BCUT2D eigenvalue weighted by Gasteiger charge is 2.15. The van der Waals surface area contributed by atoms with E-state index in [1.165, 1.54) is 7.11 Å². The predicted molar refractivity (Wildman–Crippen MR) is 81.0 cm³/mol. The summed E-state index contributed by atoms with van der Waals surface area (Å²) in [7, 11) is 1.37. The van der Waals surface area contributed by atoms with Gasteiger partial charge in [0.1, 0.15) is 11.4 Å². The fourth-order valence-corrected chi connectivity index (χ4v) is 2.24. The molecule has 0 atom stereocenters. The third-order valence-electron chi connectivity index (χ3n) is 3.20. The van der Waals surface area contributed by atoms with E-state index in [2.05, 4.69) is 42.9 Å². The molecule has 0 saturated heterocycles. The molecule has 112 valence electrons. The van der Waals surface area contributed by atoms with Crippen LogP contribution < -0.4 is 5.32 Å². The maximum Gasteiger partial charge on any atom is 0.341 e. The Morgan fingerprint density at radius 3 is 2.55 bits per heavy atom. The van der Waals surface area contributed by atoms with E-state index < -0.39 is 0 Å². The number of nitrogens with zero attached hydrogens (tertiary/aromatic N) is 2. The zero-order chi connectivity index (χ0) is 15.1. The number of hydrogen-bond acceptors (Lipinski definition) is 5. The van der Waals surface area contributed by atoms with Gasteiger partial charge in [-0.15, -0.1) is 0 Å². The average molecular weight is 279 g/mol. The molecule has 1 aromatic rings. The van der Waals surface area contributed by atoms with Crippen LogP contribution in [0.3, 0.4) is 0 Å². The zero-order valence-corrected chi connectivity index (χ0v) is 13.0. The van der Waals surface area contributed by atoms with Gasteiger partial charge in [0.05, 0.1) is 7.11 Å². The number of pyridine rings is 1. The number of ether oxygens (including phenoxy) is 1. The number of carbonyl (C=O) groups excluding carboxylic acids is 1. The van der Waals surface area contributed by atoms with Gasteiger partial charge in [0.15, 0.2) is 0 Å². The Kier molecular flexibility index (Phi) is 6.45. The fourth-order valence-electron chi connectivity index (χ4n) is 2.24. The lowest BCUT2D eigenvalue weighted by Gasteiger charge is -2.30. The van der Waals surface area contributed by atoms with Crippen LogP contribution in [0.2, 0.25) is 0 Å². The van der Waals surface area contributed by atoms with Crippen LogP contribution in [0.4, 0.5) is 5.82 Å². The molecule has 0 bridgehead atoms. The van der Waals surface area contributed by atoms with Crippen molar-refractivity contribution in [2.75, 3.05) is 25.5 Å². The van der Waals surface area contributed by atoms with E-state index in [0.717, 1.165) is 13.1 Å². The topological polar surface area (TPSA) is 54.5 Å². The second-order valence-corrected chi connectivity index (χ2v) is 5.24. The first-order valence-corrected chi connectivity index (χ1v) is 7.00. The molecule has 5 heteroatoms. The third kappa shape index (κ3) is 4.49. The Bertz CT molecular complexity index is 425. The Morgan fingerprint density at radius 1 is 1.35 bits per heavy atom. The summed E-state index contributed by atoms with van der Waals surface area (Å²) in [5.74, 6) is 0.206. The molecule has 1 N–H and O–H groups in total. The molecule has 1 aromatic heterocycles. The van der Waals surface area contributed by atoms with Gasteiger partial charge < -0.3 is 10.1 Å². The lowest BCUT2D eigenvalue weighted by Crippen LogP contribution is -2.40. The molecule has 0 spiro atoms. The lowest BCUT2D eigenvalue weighted by atomic mass is 10.2. The Morgan fingerprint density at radius 2 is 2.00 bits per heavy atom. The number of rotatable bonds is 7. The largest absolute Gasteiger partial charge is 0.465 e. The highest BCUT2D eigenvalue weighted by molar-refractivity contribution is 5.94. The van der Waals surface area contributed by atoms with E-state index in [9.17, 15) is 4.79 Å². The maximum absolute atomic E-state index is 11.6. The number of aromatic nitrogens is 1. The van der Waals surface area contributed by atoms with Crippen molar-refractivity contribution in [1.29, 1.82) is 0 Å². The molecule has 0 aromatic carbocycles. The number of hydrogen-bond donors (Lipinski definition) is 1. The quantitative estimate of drug-likeness (QED) is 0.777. The molecule has 0 aliphatic rings. The summed E-state index contributed by atoms with van der Waals surface area (Å²) in [6.45, 7) is 10.4. The minimum Gasteiger partial charge on any atom is -0.465 e. The SMILES string of the molecule is COC(=O)c1cccnc1NCCN(C(C)C)C(C)C. The highest BCUT2D eigenvalue weighted by atomic mass is 16.5. The Balaban J connectivity index is 2.64. The van der Waals surface area contributed by atoms with Gasteiger partial charge in [-0.05, 0) is 39.8 Å². The summed E-state index contributed by atoms with van der Waals surface area (Å²) in [5, 5.41) is 3.22. The number of anilines is 1. The number of nitrogens with one attached hydrogen (secondary N) is 1. The van der Waals surface area contributed by atoms with E-state index in [4.69, 9.17) is 4.74 Å². The van der Waals surface area contributed by atoms with E-state index >= 15 is 0 Å². The summed E-state index contributed by atoms with van der Waals surface area (Å²) < 4.78 is 4.75. The molecule has 0 aliphatic carbocycles. The molecule has 0 amide bonds. The number of methoxy groups -OCH3 is 1. The number of carbonyl (C=O) groups is 1. The summed E-state index contributed by atoms with van der Waals surface area (Å²) in [6.07, 6.45) is 1.66. The second-order valence-electron chi connectivity index (χ2n) is 5.24. The van der Waals surface area contributed by atoms with Gasteiger partial charge in [-0.1, -0.05) is 0 Å². The summed E-state index contributed by atoms with van der Waals surface area (Å²) in [4.78, 5) is 18.2. The molecule has 0 saturated carbocycles. The van der Waals surface area contributed by atoms with Gasteiger partial charge in [-0.3, -0.25) is 4.90 Å². The van der Waals surface area contributed by atoms with Crippen molar-refractivity contribution in [2.45, 2.75) is 39.8 Å². The maximum atomic E-state index is 11.6. The van der Waals surface area contributed by atoms with Gasteiger partial charge in [-0.25, -0.2) is 9.78 Å². The van der Waals surface area contributed by atoms with Crippen molar-refractivity contribution in [3.05, 3.63) is 23.9 Å². The lowest BCUT2D eigenvalue weighted by molar-refractivity contribution is 0.0601. The van der Waals surface area contributed by atoms with Gasteiger partial charge in [0, 0.05) is 31.4 Å². The van der Waals surface area contributed by atoms with Crippen LogP contribution in [-0.2, 0) is 4.74 Å². The van der Waals surface area contributed by atoms with Crippen molar-refractivity contribution in [3.63, 3.8) is 0 Å². The summed E-state index contributed by atoms with van der Waals surface area (Å²) in [5.41, 5.74) is 0.468. The molecule has 5 nitrogen and oxygen atoms in total. The van der Waals surface area contributed by atoms with Gasteiger partial charge >= 0.3 is 5.97 Å². The van der Waals surface area contributed by atoms with Gasteiger partial charge in [-0.2, -0.15) is 0 Å². The summed E-state index contributed by atoms with van der Waals surface area (Å²) in [6, 6.07) is 4.41. The molecule has 0 radical (unpaired) electrons. The van der Waals surface area contributed by atoms with Crippen LogP contribution >= 0.6 is 0 Å². The van der Waals surface area contributed by atoms with Crippen LogP contribution in [0.15, 0.2) is 18.3 Å². The normalized spacial score (nSPS) is 11.2. The fraction of sp³-hybridized carbons (Fsp3) is 0.600.